The van der Waals surface area contributed by atoms with Gasteiger partial charge >= 0.3 is 0 Å². The molecule has 4 unspecified atom stereocenters. The number of benzene rings is 1. The van der Waals surface area contributed by atoms with Crippen molar-refractivity contribution in [1.82, 2.24) is 15.5 Å². The largest absolute Gasteiger partial charge is 0.355 e. The van der Waals surface area contributed by atoms with E-state index in [0.717, 1.165) is 24.1 Å². The summed E-state index contributed by atoms with van der Waals surface area (Å²) < 4.78 is 0. The predicted molar refractivity (Wildman–Crippen MR) is 138 cm³/mol. The van der Waals surface area contributed by atoms with Crippen LogP contribution in [0.5, 0.6) is 0 Å². The van der Waals surface area contributed by atoms with Crippen LogP contribution >= 0.6 is 24.0 Å². The van der Waals surface area contributed by atoms with Gasteiger partial charge in [0.15, 0.2) is 5.96 Å². The number of nitrogens with zero attached hydrogens (tertiary/aromatic N) is 2. The molecule has 3 amide bonds. The fourth-order valence-electron chi connectivity index (χ4n) is 5.09. The average Bonchev–Trinajstić information content (AvgIpc) is 3.46. The first kappa shape index (κ1) is 25.2. The summed E-state index contributed by atoms with van der Waals surface area (Å²) in [7, 11) is 1.68. The summed E-state index contributed by atoms with van der Waals surface area (Å²) in [6, 6.07) is 7.67. The highest BCUT2D eigenvalue weighted by atomic mass is 127. The molecule has 1 saturated heterocycles. The second-order valence-corrected chi connectivity index (χ2v) is 8.68. The van der Waals surface area contributed by atoms with Crippen LogP contribution in [0, 0.1) is 23.7 Å². The number of anilines is 1. The van der Waals surface area contributed by atoms with E-state index in [1.165, 1.54) is 4.90 Å². The highest BCUT2D eigenvalue weighted by Gasteiger charge is 2.58. The molecule has 2 aliphatic carbocycles. The Morgan fingerprint density at radius 2 is 1.82 bits per heavy atom. The van der Waals surface area contributed by atoms with Gasteiger partial charge in [-0.3, -0.25) is 24.3 Å². The number of fused-ring (bicyclic) bond motifs is 5. The molecular weight excluding hydrogens is 533 g/mol. The molecule has 178 valence electrons. The number of nitrogens with one attached hydrogen (secondary N) is 3. The smallest absolute Gasteiger partial charge is 0.233 e. The van der Waals surface area contributed by atoms with Crippen LogP contribution in [0.15, 0.2) is 41.4 Å². The fourth-order valence-corrected chi connectivity index (χ4v) is 5.09. The maximum absolute atomic E-state index is 12.8. The van der Waals surface area contributed by atoms with Crippen molar-refractivity contribution in [2.45, 2.75) is 32.7 Å². The summed E-state index contributed by atoms with van der Waals surface area (Å²) in [5.41, 5.74) is 1.77. The molecule has 8 nitrogen and oxygen atoms in total. The maximum atomic E-state index is 12.8. The summed E-state index contributed by atoms with van der Waals surface area (Å²) in [4.78, 5) is 43.0. The molecular formula is C24H32IN5O3. The molecule has 2 fully saturated rings. The zero-order chi connectivity index (χ0) is 22.7. The number of likely N-dealkylation sites (tertiary alicyclic amines) is 1. The third-order valence-electron chi connectivity index (χ3n) is 6.56. The number of hydrogen-bond acceptors (Lipinski definition) is 4. The normalized spacial score (nSPS) is 25.2. The molecule has 1 heterocycles. The summed E-state index contributed by atoms with van der Waals surface area (Å²) in [6.07, 6.45) is 6.46. The van der Waals surface area contributed by atoms with E-state index < -0.39 is 0 Å². The van der Waals surface area contributed by atoms with E-state index in [4.69, 9.17) is 0 Å². The predicted octanol–water partition coefficient (Wildman–Crippen LogP) is 2.52. The summed E-state index contributed by atoms with van der Waals surface area (Å²) in [6.45, 7) is 3.27. The molecule has 4 atom stereocenters. The minimum atomic E-state index is -0.153. The summed E-state index contributed by atoms with van der Waals surface area (Å²) in [5.74, 6) is 0.709. The Hall–Kier alpha value is -2.43. The SMILES string of the molecule is CCCC(=O)Nc1cccc(CNC(=NC)NCCN2C(=O)C3C4C=CC(C4)C3C2=O)c1.I. The lowest BCUT2D eigenvalue weighted by atomic mass is 9.85. The van der Waals surface area contributed by atoms with Crippen LogP contribution in [-0.2, 0) is 20.9 Å². The first-order chi connectivity index (χ1) is 15.5. The van der Waals surface area contributed by atoms with Gasteiger partial charge in [-0.2, -0.15) is 0 Å². The molecule has 1 aromatic rings. The monoisotopic (exact) mass is 565 g/mol. The third kappa shape index (κ3) is 5.39. The number of imide groups is 1. The van der Waals surface area contributed by atoms with Crippen LogP contribution in [0.25, 0.3) is 0 Å². The van der Waals surface area contributed by atoms with Gasteiger partial charge in [-0.15, -0.1) is 24.0 Å². The van der Waals surface area contributed by atoms with Crippen LogP contribution < -0.4 is 16.0 Å². The molecule has 0 radical (unpaired) electrons. The Kier molecular flexibility index (Phi) is 8.50. The van der Waals surface area contributed by atoms with Crippen LogP contribution in [0.2, 0.25) is 0 Å². The van der Waals surface area contributed by atoms with E-state index >= 15 is 0 Å². The highest BCUT2D eigenvalue weighted by Crippen LogP contribution is 2.52. The molecule has 1 aliphatic heterocycles. The molecule has 9 heteroatoms. The van der Waals surface area contributed by atoms with E-state index in [1.807, 2.05) is 31.2 Å². The van der Waals surface area contributed by atoms with Crippen LogP contribution in [-0.4, -0.2) is 48.7 Å². The van der Waals surface area contributed by atoms with Gasteiger partial charge in [-0.1, -0.05) is 31.2 Å². The lowest BCUT2D eigenvalue weighted by molar-refractivity contribution is -0.140. The number of rotatable bonds is 8. The summed E-state index contributed by atoms with van der Waals surface area (Å²) >= 11 is 0. The minimum absolute atomic E-state index is 0. The van der Waals surface area contributed by atoms with Crippen molar-refractivity contribution < 1.29 is 14.4 Å². The fraction of sp³-hybridized carbons (Fsp3) is 0.500. The van der Waals surface area contributed by atoms with Crippen molar-refractivity contribution in [3.63, 3.8) is 0 Å². The molecule has 1 aromatic carbocycles. The van der Waals surface area contributed by atoms with E-state index in [1.54, 1.807) is 7.05 Å². The molecule has 2 bridgehead atoms. The number of carbonyl (C=O) groups excluding carboxylic acids is 3. The van der Waals surface area contributed by atoms with Crippen molar-refractivity contribution in [2.75, 3.05) is 25.5 Å². The van der Waals surface area contributed by atoms with Crippen LogP contribution in [0.1, 0.15) is 31.7 Å². The average molecular weight is 565 g/mol. The third-order valence-corrected chi connectivity index (χ3v) is 6.56. The van der Waals surface area contributed by atoms with Crippen molar-refractivity contribution in [1.29, 1.82) is 0 Å². The lowest BCUT2D eigenvalue weighted by Crippen LogP contribution is -2.43. The number of halogens is 1. The molecule has 1 saturated carbocycles. The lowest BCUT2D eigenvalue weighted by Gasteiger charge is -2.18. The molecule has 0 aromatic heterocycles. The number of hydrogen-bond donors (Lipinski definition) is 3. The first-order valence-electron chi connectivity index (χ1n) is 11.4. The number of carbonyl (C=O) groups is 3. The van der Waals surface area contributed by atoms with Crippen molar-refractivity contribution in [3.8, 4) is 0 Å². The van der Waals surface area contributed by atoms with E-state index in [-0.39, 0.29) is 65.4 Å². The van der Waals surface area contributed by atoms with Crippen molar-refractivity contribution >= 4 is 53.3 Å². The van der Waals surface area contributed by atoms with Gasteiger partial charge < -0.3 is 16.0 Å². The van der Waals surface area contributed by atoms with Crippen molar-refractivity contribution in [3.05, 3.63) is 42.0 Å². The quantitative estimate of drug-likeness (QED) is 0.148. The van der Waals surface area contributed by atoms with Crippen molar-refractivity contribution in [2.24, 2.45) is 28.7 Å². The topological polar surface area (TPSA) is 103 Å². The Morgan fingerprint density at radius 3 is 2.45 bits per heavy atom. The highest BCUT2D eigenvalue weighted by molar-refractivity contribution is 14.0. The molecule has 3 aliphatic rings. The maximum Gasteiger partial charge on any atom is 0.233 e. The number of allylic oxidation sites excluding steroid dienone is 2. The zero-order valence-electron chi connectivity index (χ0n) is 19.0. The molecule has 4 rings (SSSR count). The summed E-state index contributed by atoms with van der Waals surface area (Å²) in [5, 5.41) is 9.31. The Bertz CT molecular complexity index is 933. The zero-order valence-corrected chi connectivity index (χ0v) is 21.4. The number of amides is 3. The minimum Gasteiger partial charge on any atom is -0.355 e. The van der Waals surface area contributed by atoms with Gasteiger partial charge in [0.1, 0.15) is 0 Å². The molecule has 0 spiro atoms. The van der Waals surface area contributed by atoms with Crippen LogP contribution in [0.3, 0.4) is 0 Å². The van der Waals surface area contributed by atoms with E-state index in [9.17, 15) is 14.4 Å². The van der Waals surface area contributed by atoms with E-state index in [0.29, 0.717) is 32.0 Å². The van der Waals surface area contributed by atoms with Gasteiger partial charge in [0.05, 0.1) is 11.8 Å². The first-order valence-corrected chi connectivity index (χ1v) is 11.4. The number of guanidine groups is 1. The van der Waals surface area contributed by atoms with Gasteiger partial charge in [0, 0.05) is 38.8 Å². The molecule has 33 heavy (non-hydrogen) atoms. The van der Waals surface area contributed by atoms with Gasteiger partial charge in [0.2, 0.25) is 17.7 Å². The van der Waals surface area contributed by atoms with Gasteiger partial charge in [0.25, 0.3) is 0 Å². The molecule has 3 N–H and O–H groups in total. The standard InChI is InChI=1S/C24H31N5O3.HI/c1-3-5-19(30)28-18-7-4-6-15(12-18)14-27-24(25-2)26-10-11-29-22(31)20-16-8-9-17(13-16)21(20)23(29)32;/h4,6-9,12,16-17,20-21H,3,5,10-11,13-14H2,1-2H3,(H,28,30)(H2,25,26,27);1H. The second kappa shape index (κ2) is 11.1. The Balaban J connectivity index is 0.00000306. The van der Waals surface area contributed by atoms with Gasteiger partial charge in [-0.05, 0) is 42.4 Å². The number of aliphatic imine (C=N–C) groups is 1. The second-order valence-electron chi connectivity index (χ2n) is 8.68. The Labute approximate surface area is 211 Å². The van der Waals surface area contributed by atoms with E-state index in [2.05, 4.69) is 33.1 Å². The van der Waals surface area contributed by atoms with Crippen LogP contribution in [0.4, 0.5) is 5.69 Å². The van der Waals surface area contributed by atoms with Gasteiger partial charge in [-0.25, -0.2) is 0 Å². The Morgan fingerprint density at radius 1 is 1.12 bits per heavy atom.